The Labute approximate surface area is 160 Å². The average molecular weight is 366 g/mol. The fourth-order valence-corrected chi connectivity index (χ4v) is 4.59. The fraction of sp³-hybridized carbons (Fsp3) is 0.455. The molecule has 2 atom stereocenters. The van der Waals surface area contributed by atoms with Crippen molar-refractivity contribution in [1.29, 1.82) is 0 Å². The summed E-state index contributed by atoms with van der Waals surface area (Å²) in [6, 6.07) is 15.4. The summed E-state index contributed by atoms with van der Waals surface area (Å²) in [4.78, 5) is 5.02. The molecule has 0 spiro atoms. The highest BCUT2D eigenvalue weighted by molar-refractivity contribution is 5.57. The Morgan fingerprint density at radius 2 is 1.93 bits per heavy atom. The molecule has 2 aromatic rings. The van der Waals surface area contributed by atoms with Gasteiger partial charge >= 0.3 is 0 Å². The first-order chi connectivity index (χ1) is 13.3. The van der Waals surface area contributed by atoms with Crippen molar-refractivity contribution in [3.63, 3.8) is 0 Å². The molecule has 0 N–H and O–H groups in total. The molecule has 5 rings (SSSR count). The summed E-state index contributed by atoms with van der Waals surface area (Å²) < 4.78 is 17.4. The molecule has 0 bridgehead atoms. The van der Waals surface area contributed by atoms with Crippen LogP contribution in [0.25, 0.3) is 0 Å². The molecule has 0 amide bonds. The Morgan fingerprint density at radius 3 is 2.85 bits per heavy atom. The van der Waals surface area contributed by atoms with Crippen molar-refractivity contribution in [3.8, 4) is 11.5 Å². The second-order valence-corrected chi connectivity index (χ2v) is 7.42. The molecule has 1 fully saturated rings. The molecule has 2 unspecified atom stereocenters. The smallest absolute Gasteiger partial charge is 0.231 e. The third-order valence-corrected chi connectivity index (χ3v) is 6.04. The van der Waals surface area contributed by atoms with Crippen molar-refractivity contribution in [2.75, 3.05) is 44.5 Å². The SMILES string of the molecule is CCN1CCN(c2ccc3c(c2)OCO3)CC1C1OCCc2ccccc21. The summed E-state index contributed by atoms with van der Waals surface area (Å²) in [5, 5.41) is 0. The van der Waals surface area contributed by atoms with Gasteiger partial charge in [0, 0.05) is 31.4 Å². The van der Waals surface area contributed by atoms with Gasteiger partial charge < -0.3 is 19.1 Å². The molecule has 0 radical (unpaired) electrons. The average Bonchev–Trinajstić information content (AvgIpc) is 3.21. The van der Waals surface area contributed by atoms with Crippen molar-refractivity contribution in [2.24, 2.45) is 0 Å². The first kappa shape index (κ1) is 16.9. The summed E-state index contributed by atoms with van der Waals surface area (Å²) in [6.45, 7) is 7.42. The van der Waals surface area contributed by atoms with E-state index in [-0.39, 0.29) is 6.10 Å². The highest BCUT2D eigenvalue weighted by Gasteiger charge is 2.36. The number of hydrogen-bond acceptors (Lipinski definition) is 5. The van der Waals surface area contributed by atoms with E-state index in [1.54, 1.807) is 0 Å². The van der Waals surface area contributed by atoms with Gasteiger partial charge in [0.05, 0.1) is 18.8 Å². The van der Waals surface area contributed by atoms with Crippen LogP contribution in [0.5, 0.6) is 11.5 Å². The van der Waals surface area contributed by atoms with Crippen LogP contribution in [-0.4, -0.2) is 50.5 Å². The van der Waals surface area contributed by atoms with Gasteiger partial charge in [-0.15, -0.1) is 0 Å². The lowest BCUT2D eigenvalue weighted by atomic mass is 9.91. The van der Waals surface area contributed by atoms with Crippen LogP contribution in [0.2, 0.25) is 0 Å². The Morgan fingerprint density at radius 1 is 1.04 bits per heavy atom. The monoisotopic (exact) mass is 366 g/mol. The fourth-order valence-electron chi connectivity index (χ4n) is 4.59. The van der Waals surface area contributed by atoms with Crippen molar-refractivity contribution in [2.45, 2.75) is 25.5 Å². The van der Waals surface area contributed by atoms with E-state index in [1.807, 2.05) is 6.07 Å². The van der Waals surface area contributed by atoms with Crippen LogP contribution in [0, 0.1) is 0 Å². The Bertz CT molecular complexity index is 825. The molecule has 1 saturated heterocycles. The molecule has 3 aliphatic heterocycles. The maximum absolute atomic E-state index is 6.32. The number of likely N-dealkylation sites (N-methyl/N-ethyl adjacent to an activating group) is 1. The molecule has 27 heavy (non-hydrogen) atoms. The quantitative estimate of drug-likeness (QED) is 0.833. The van der Waals surface area contributed by atoms with E-state index in [0.29, 0.717) is 12.8 Å². The van der Waals surface area contributed by atoms with E-state index in [9.17, 15) is 0 Å². The molecule has 0 saturated carbocycles. The lowest BCUT2D eigenvalue weighted by Gasteiger charge is -2.46. The number of ether oxygens (including phenoxy) is 3. The predicted octanol–water partition coefficient (Wildman–Crippen LogP) is 3.24. The van der Waals surface area contributed by atoms with Gasteiger partial charge in [0.25, 0.3) is 0 Å². The number of nitrogens with zero attached hydrogens (tertiary/aromatic N) is 2. The van der Waals surface area contributed by atoms with Gasteiger partial charge in [0.1, 0.15) is 0 Å². The number of anilines is 1. The summed E-state index contributed by atoms with van der Waals surface area (Å²) in [7, 11) is 0. The molecule has 2 aromatic carbocycles. The number of benzene rings is 2. The lowest BCUT2D eigenvalue weighted by Crippen LogP contribution is -2.56. The zero-order chi connectivity index (χ0) is 18.2. The molecule has 5 heteroatoms. The number of piperazine rings is 1. The van der Waals surface area contributed by atoms with Crippen LogP contribution in [0.1, 0.15) is 24.2 Å². The van der Waals surface area contributed by atoms with Crippen molar-refractivity contribution in [1.82, 2.24) is 4.90 Å². The third-order valence-electron chi connectivity index (χ3n) is 6.04. The van der Waals surface area contributed by atoms with E-state index in [1.165, 1.54) is 16.8 Å². The molecular weight excluding hydrogens is 340 g/mol. The third kappa shape index (κ3) is 3.05. The van der Waals surface area contributed by atoms with Crippen molar-refractivity contribution >= 4 is 5.69 Å². The second-order valence-electron chi connectivity index (χ2n) is 7.42. The Hall–Kier alpha value is -2.24. The highest BCUT2D eigenvalue weighted by Crippen LogP contribution is 2.38. The van der Waals surface area contributed by atoms with Gasteiger partial charge in [0.15, 0.2) is 11.5 Å². The minimum atomic E-state index is 0.131. The second kappa shape index (κ2) is 7.06. The zero-order valence-corrected chi connectivity index (χ0v) is 15.8. The topological polar surface area (TPSA) is 34.2 Å². The maximum atomic E-state index is 6.32. The first-order valence-electron chi connectivity index (χ1n) is 9.91. The van der Waals surface area contributed by atoms with E-state index < -0.39 is 0 Å². The number of hydrogen-bond donors (Lipinski definition) is 0. The van der Waals surface area contributed by atoms with Crippen LogP contribution in [0.3, 0.4) is 0 Å². The molecule has 5 nitrogen and oxygen atoms in total. The summed E-state index contributed by atoms with van der Waals surface area (Å²) in [5.41, 5.74) is 3.99. The van der Waals surface area contributed by atoms with Gasteiger partial charge in [-0.25, -0.2) is 0 Å². The van der Waals surface area contributed by atoms with Crippen molar-refractivity contribution in [3.05, 3.63) is 53.6 Å². The van der Waals surface area contributed by atoms with Gasteiger partial charge in [0.2, 0.25) is 6.79 Å². The Kier molecular flexibility index (Phi) is 4.42. The lowest BCUT2D eigenvalue weighted by molar-refractivity contribution is -0.0265. The normalized spacial score (nSPS) is 24.7. The van der Waals surface area contributed by atoms with Crippen LogP contribution in [-0.2, 0) is 11.2 Å². The first-order valence-corrected chi connectivity index (χ1v) is 9.91. The largest absolute Gasteiger partial charge is 0.454 e. The minimum absolute atomic E-state index is 0.131. The highest BCUT2D eigenvalue weighted by atomic mass is 16.7. The van der Waals surface area contributed by atoms with Gasteiger partial charge in [-0.2, -0.15) is 0 Å². The molecule has 0 aliphatic carbocycles. The van der Waals surface area contributed by atoms with E-state index in [2.05, 4.69) is 53.1 Å². The van der Waals surface area contributed by atoms with Crippen LogP contribution < -0.4 is 14.4 Å². The summed E-state index contributed by atoms with van der Waals surface area (Å²) >= 11 is 0. The number of rotatable bonds is 3. The van der Waals surface area contributed by atoms with Crippen molar-refractivity contribution < 1.29 is 14.2 Å². The van der Waals surface area contributed by atoms with E-state index in [0.717, 1.165) is 50.7 Å². The van der Waals surface area contributed by atoms with Gasteiger partial charge in [-0.3, -0.25) is 4.90 Å². The van der Waals surface area contributed by atoms with Gasteiger partial charge in [-0.1, -0.05) is 31.2 Å². The van der Waals surface area contributed by atoms with E-state index >= 15 is 0 Å². The predicted molar refractivity (Wildman–Crippen MR) is 105 cm³/mol. The molecule has 3 aliphatic rings. The number of fused-ring (bicyclic) bond motifs is 2. The summed E-state index contributed by atoms with van der Waals surface area (Å²) in [5.74, 6) is 1.69. The summed E-state index contributed by atoms with van der Waals surface area (Å²) in [6.07, 6.45) is 1.14. The zero-order valence-electron chi connectivity index (χ0n) is 15.8. The Balaban J connectivity index is 1.43. The van der Waals surface area contributed by atoms with E-state index in [4.69, 9.17) is 14.2 Å². The molecular formula is C22H26N2O3. The molecule has 3 heterocycles. The minimum Gasteiger partial charge on any atom is -0.454 e. The van der Waals surface area contributed by atoms with Crippen LogP contribution in [0.4, 0.5) is 5.69 Å². The van der Waals surface area contributed by atoms with Gasteiger partial charge in [-0.05, 0) is 36.2 Å². The van der Waals surface area contributed by atoms with Crippen LogP contribution in [0.15, 0.2) is 42.5 Å². The standard InChI is InChI=1S/C22H26N2O3/c1-2-23-10-11-24(17-7-8-20-21(13-17)27-15-26-20)14-19(23)22-18-6-4-3-5-16(18)9-12-25-22/h3-8,13,19,22H,2,9-12,14-15H2,1H3. The molecule has 142 valence electrons. The van der Waals surface area contributed by atoms with Crippen LogP contribution >= 0.6 is 0 Å². The molecule has 0 aromatic heterocycles. The maximum Gasteiger partial charge on any atom is 0.231 e.